The lowest BCUT2D eigenvalue weighted by molar-refractivity contribution is 0.312. The maximum absolute atomic E-state index is 6.00. The van der Waals surface area contributed by atoms with Crippen molar-refractivity contribution in [2.24, 2.45) is 7.05 Å². The van der Waals surface area contributed by atoms with Crippen LogP contribution >= 0.6 is 0 Å². The highest BCUT2D eigenvalue weighted by Crippen LogP contribution is 2.29. The summed E-state index contributed by atoms with van der Waals surface area (Å²) in [7, 11) is 4.13. The van der Waals surface area contributed by atoms with Crippen molar-refractivity contribution < 1.29 is 0 Å². The lowest BCUT2D eigenvalue weighted by Crippen LogP contribution is -2.44. The summed E-state index contributed by atoms with van der Waals surface area (Å²) in [6.07, 6.45) is 3.82. The Kier molecular flexibility index (Phi) is 3.57. The molecule has 4 heterocycles. The van der Waals surface area contributed by atoms with Gasteiger partial charge in [0.2, 0.25) is 5.95 Å². The van der Waals surface area contributed by atoms with E-state index in [1.165, 1.54) is 0 Å². The molecule has 0 unspecified atom stereocenters. The molecule has 3 aromatic heterocycles. The minimum atomic E-state index is 0.308. The van der Waals surface area contributed by atoms with Crippen molar-refractivity contribution in [2.45, 2.75) is 0 Å². The summed E-state index contributed by atoms with van der Waals surface area (Å²) < 4.78 is 2.00. The third-order valence-electron chi connectivity index (χ3n) is 4.60. The first kappa shape index (κ1) is 14.9. The molecule has 1 aliphatic rings. The molecule has 1 saturated heterocycles. The van der Waals surface area contributed by atoms with Gasteiger partial charge in [-0.1, -0.05) is 0 Å². The zero-order chi connectivity index (χ0) is 16.7. The molecule has 0 radical (unpaired) electrons. The predicted octanol–water partition coefficient (Wildman–Crippen LogP) is 1.36. The lowest BCUT2D eigenvalue weighted by Gasteiger charge is -2.33. The van der Waals surface area contributed by atoms with Crippen LogP contribution in [0.4, 0.5) is 11.8 Å². The van der Waals surface area contributed by atoms with E-state index in [4.69, 9.17) is 5.73 Å². The second-order valence-electron chi connectivity index (χ2n) is 6.28. The number of pyridine rings is 1. The summed E-state index contributed by atoms with van der Waals surface area (Å²) in [5.41, 5.74) is 8.81. The van der Waals surface area contributed by atoms with Crippen molar-refractivity contribution in [2.75, 3.05) is 43.9 Å². The van der Waals surface area contributed by atoms with Gasteiger partial charge in [-0.25, -0.2) is 9.97 Å². The summed E-state index contributed by atoms with van der Waals surface area (Å²) in [6.45, 7) is 3.95. The Hall–Kier alpha value is -2.67. The normalized spacial score (nSPS) is 16.0. The van der Waals surface area contributed by atoms with Gasteiger partial charge in [-0.2, -0.15) is 4.98 Å². The van der Waals surface area contributed by atoms with Crippen molar-refractivity contribution in [3.8, 4) is 11.3 Å². The zero-order valence-electron chi connectivity index (χ0n) is 14.0. The van der Waals surface area contributed by atoms with Gasteiger partial charge in [-0.15, -0.1) is 0 Å². The van der Waals surface area contributed by atoms with Crippen molar-refractivity contribution in [1.29, 1.82) is 0 Å². The number of nitrogen functional groups attached to an aromatic ring is 1. The highest BCUT2D eigenvalue weighted by Gasteiger charge is 2.18. The van der Waals surface area contributed by atoms with Crippen LogP contribution < -0.4 is 10.6 Å². The van der Waals surface area contributed by atoms with Crippen LogP contribution in [-0.2, 0) is 7.05 Å². The Morgan fingerprint density at radius 1 is 1.04 bits per heavy atom. The van der Waals surface area contributed by atoms with Crippen molar-refractivity contribution in [3.05, 3.63) is 30.6 Å². The van der Waals surface area contributed by atoms with Gasteiger partial charge in [0, 0.05) is 62.6 Å². The van der Waals surface area contributed by atoms with Gasteiger partial charge in [0.15, 0.2) is 0 Å². The Labute approximate surface area is 140 Å². The van der Waals surface area contributed by atoms with Gasteiger partial charge in [0.05, 0.1) is 5.69 Å². The molecule has 0 aliphatic carbocycles. The van der Waals surface area contributed by atoms with Gasteiger partial charge < -0.3 is 20.1 Å². The molecule has 0 amide bonds. The van der Waals surface area contributed by atoms with Gasteiger partial charge in [-0.3, -0.25) is 0 Å². The van der Waals surface area contributed by atoms with E-state index in [2.05, 4.69) is 37.9 Å². The highest BCUT2D eigenvalue weighted by molar-refractivity contribution is 5.92. The predicted molar refractivity (Wildman–Crippen MR) is 95.9 cm³/mol. The van der Waals surface area contributed by atoms with Crippen LogP contribution in [0, 0.1) is 0 Å². The van der Waals surface area contributed by atoms with Crippen LogP contribution in [0.3, 0.4) is 0 Å². The molecule has 24 heavy (non-hydrogen) atoms. The number of hydrogen-bond donors (Lipinski definition) is 1. The number of likely N-dealkylation sites (N-methyl/N-ethyl adjacent to an activating group) is 1. The quantitative estimate of drug-likeness (QED) is 0.767. The van der Waals surface area contributed by atoms with Crippen LogP contribution in [0.5, 0.6) is 0 Å². The molecule has 7 heteroatoms. The molecule has 0 bridgehead atoms. The summed E-state index contributed by atoms with van der Waals surface area (Å²) in [4.78, 5) is 17.9. The van der Waals surface area contributed by atoms with Crippen molar-refractivity contribution >= 4 is 22.8 Å². The number of fused-ring (bicyclic) bond motifs is 1. The SMILES string of the molecule is CN1CCN(c2cc(-c3ccnc4c3ccn4C)nc(N)n2)CC1. The largest absolute Gasteiger partial charge is 0.368 e. The summed E-state index contributed by atoms with van der Waals surface area (Å²) in [6, 6.07) is 6.08. The number of nitrogens with zero attached hydrogens (tertiary/aromatic N) is 6. The number of aromatic nitrogens is 4. The smallest absolute Gasteiger partial charge is 0.222 e. The Morgan fingerprint density at radius 3 is 2.62 bits per heavy atom. The van der Waals surface area contributed by atoms with Crippen LogP contribution in [0.25, 0.3) is 22.3 Å². The van der Waals surface area contributed by atoms with E-state index in [1.54, 1.807) is 0 Å². The van der Waals surface area contributed by atoms with E-state index in [0.29, 0.717) is 5.95 Å². The lowest BCUT2D eigenvalue weighted by atomic mass is 10.1. The van der Waals surface area contributed by atoms with Crippen molar-refractivity contribution in [3.63, 3.8) is 0 Å². The first-order valence-corrected chi connectivity index (χ1v) is 8.10. The van der Waals surface area contributed by atoms with E-state index < -0.39 is 0 Å². The summed E-state index contributed by atoms with van der Waals surface area (Å²) >= 11 is 0. The average Bonchev–Trinajstić information content (AvgIpc) is 2.96. The molecule has 4 rings (SSSR count). The molecule has 0 aromatic carbocycles. The van der Waals surface area contributed by atoms with E-state index >= 15 is 0 Å². The first-order valence-electron chi connectivity index (χ1n) is 8.10. The fourth-order valence-corrected chi connectivity index (χ4v) is 3.18. The van der Waals surface area contributed by atoms with Crippen LogP contribution in [0.1, 0.15) is 0 Å². The molecule has 0 spiro atoms. The zero-order valence-corrected chi connectivity index (χ0v) is 14.0. The third kappa shape index (κ3) is 2.56. The van der Waals surface area contributed by atoms with E-state index in [1.807, 2.05) is 36.1 Å². The fourth-order valence-electron chi connectivity index (χ4n) is 3.18. The molecule has 3 aromatic rings. The van der Waals surface area contributed by atoms with E-state index in [0.717, 1.165) is 54.3 Å². The minimum absolute atomic E-state index is 0.308. The topological polar surface area (TPSA) is 76.1 Å². The number of aryl methyl sites for hydroxylation is 1. The molecule has 0 saturated carbocycles. The fraction of sp³-hybridized carbons (Fsp3) is 0.353. The van der Waals surface area contributed by atoms with Crippen LogP contribution in [-0.4, -0.2) is 57.6 Å². The Bertz CT molecular complexity index is 878. The molecule has 1 aliphatic heterocycles. The maximum atomic E-state index is 6.00. The molecular weight excluding hydrogens is 302 g/mol. The minimum Gasteiger partial charge on any atom is -0.368 e. The van der Waals surface area contributed by atoms with E-state index in [-0.39, 0.29) is 0 Å². The number of nitrogens with two attached hydrogens (primary N) is 1. The standard InChI is InChI=1S/C17H21N7/c1-22-7-9-24(10-8-22)15-11-14(20-17(18)21-15)12-3-5-19-16-13(12)4-6-23(16)2/h3-6,11H,7-10H2,1-2H3,(H2,18,20,21). The number of hydrogen-bond acceptors (Lipinski definition) is 6. The Morgan fingerprint density at radius 2 is 1.83 bits per heavy atom. The first-order chi connectivity index (χ1) is 11.6. The summed E-state index contributed by atoms with van der Waals surface area (Å²) in [5.74, 6) is 1.20. The second-order valence-corrected chi connectivity index (χ2v) is 6.28. The molecule has 2 N–H and O–H groups in total. The van der Waals surface area contributed by atoms with Gasteiger partial charge in [-0.05, 0) is 19.2 Å². The molecule has 7 nitrogen and oxygen atoms in total. The Balaban J connectivity index is 1.78. The maximum Gasteiger partial charge on any atom is 0.222 e. The average molecular weight is 323 g/mol. The number of rotatable bonds is 2. The van der Waals surface area contributed by atoms with Crippen LogP contribution in [0.2, 0.25) is 0 Å². The molecule has 0 atom stereocenters. The molecular formula is C17H21N7. The molecule has 1 fully saturated rings. The summed E-state index contributed by atoms with van der Waals surface area (Å²) in [5, 5.41) is 1.07. The molecule has 124 valence electrons. The van der Waals surface area contributed by atoms with Gasteiger partial charge in [0.25, 0.3) is 0 Å². The number of anilines is 2. The van der Waals surface area contributed by atoms with E-state index in [9.17, 15) is 0 Å². The van der Waals surface area contributed by atoms with Crippen molar-refractivity contribution in [1.82, 2.24) is 24.4 Å². The second kappa shape index (κ2) is 5.76. The van der Waals surface area contributed by atoms with Gasteiger partial charge >= 0.3 is 0 Å². The highest BCUT2D eigenvalue weighted by atomic mass is 15.3. The monoisotopic (exact) mass is 323 g/mol. The van der Waals surface area contributed by atoms with Gasteiger partial charge in [0.1, 0.15) is 11.5 Å². The number of piperazine rings is 1. The van der Waals surface area contributed by atoms with Crippen LogP contribution in [0.15, 0.2) is 30.6 Å². The third-order valence-corrected chi connectivity index (χ3v) is 4.60.